The maximum absolute atomic E-state index is 15.1. The van der Waals surface area contributed by atoms with E-state index < -0.39 is 73.2 Å². The Morgan fingerprint density at radius 3 is 2.20 bits per heavy atom. The summed E-state index contributed by atoms with van der Waals surface area (Å²) >= 11 is 0. The van der Waals surface area contributed by atoms with Gasteiger partial charge in [0.15, 0.2) is 7.85 Å². The van der Waals surface area contributed by atoms with Crippen LogP contribution in [0.3, 0.4) is 0 Å². The molecule has 2 amide bonds. The first-order valence-electron chi connectivity index (χ1n) is 14.8. The minimum atomic E-state index is -4.44. The summed E-state index contributed by atoms with van der Waals surface area (Å²) in [6, 6.07) is 7.47. The molecule has 17 heteroatoms. The number of amides is 2. The molecule has 0 spiro atoms. The van der Waals surface area contributed by atoms with E-state index in [1.807, 2.05) is 4.72 Å². The Hall–Kier alpha value is -5.45. The fraction of sp³-hybridized carbons (Fsp3) is 0.250. The number of hydrogen-bond donors (Lipinski definition) is 3. The van der Waals surface area contributed by atoms with Crippen LogP contribution in [-0.4, -0.2) is 59.5 Å². The first-order chi connectivity index (χ1) is 22.8. The van der Waals surface area contributed by atoms with Crippen LogP contribution in [0.2, 0.25) is 0 Å². The van der Waals surface area contributed by atoms with E-state index in [0.29, 0.717) is 23.3 Å². The van der Waals surface area contributed by atoms with Gasteiger partial charge in [0.1, 0.15) is 23.1 Å². The van der Waals surface area contributed by atoms with Crippen LogP contribution in [0.1, 0.15) is 52.6 Å². The van der Waals surface area contributed by atoms with E-state index in [1.165, 1.54) is 56.1 Å². The topological polar surface area (TPSA) is 178 Å². The van der Waals surface area contributed by atoms with Crippen LogP contribution in [0.15, 0.2) is 75.4 Å². The Morgan fingerprint density at radius 1 is 0.980 bits per heavy atom. The second-order valence-electron chi connectivity index (χ2n) is 12.4. The molecule has 0 aliphatic heterocycles. The minimum absolute atomic E-state index is 0.0373. The number of carbonyl (C=O) groups is 3. The molecule has 4 rings (SSSR count). The number of carbonyl (C=O) groups excluding carboxylic acids is 3. The van der Waals surface area contributed by atoms with Crippen LogP contribution in [0.4, 0.5) is 14.5 Å². The first-order valence-corrected chi connectivity index (χ1v) is 16.3. The number of pyridine rings is 1. The van der Waals surface area contributed by atoms with Gasteiger partial charge in [0.25, 0.3) is 27.4 Å². The number of aryl methyl sites for hydroxylation is 2. The van der Waals surface area contributed by atoms with Crippen molar-refractivity contribution < 1.29 is 31.6 Å². The predicted molar refractivity (Wildman–Crippen MR) is 179 cm³/mol. The van der Waals surface area contributed by atoms with E-state index >= 15 is 8.78 Å². The third-order valence-corrected chi connectivity index (χ3v) is 8.54. The summed E-state index contributed by atoms with van der Waals surface area (Å²) in [4.78, 5) is 66.6. The van der Waals surface area contributed by atoms with Crippen molar-refractivity contribution in [3.63, 3.8) is 0 Å². The van der Waals surface area contributed by atoms with Crippen molar-refractivity contribution in [1.82, 2.24) is 24.8 Å². The van der Waals surface area contributed by atoms with E-state index in [-0.39, 0.29) is 22.7 Å². The molecule has 0 radical (unpaired) electrons. The minimum Gasteiger partial charge on any atom is -0.347 e. The number of halogens is 2. The fourth-order valence-corrected chi connectivity index (χ4v) is 5.72. The Balaban J connectivity index is 1.48. The van der Waals surface area contributed by atoms with Crippen LogP contribution in [0, 0.1) is 18.6 Å². The summed E-state index contributed by atoms with van der Waals surface area (Å²) < 4.78 is 60.0. The molecule has 13 nitrogen and oxygen atoms in total. The molecule has 2 aromatic heterocycles. The molecular formula is C32H33BF2N6O7S. The quantitative estimate of drug-likeness (QED) is 0.208. The molecule has 0 bridgehead atoms. The van der Waals surface area contributed by atoms with Crippen molar-refractivity contribution in [3.8, 4) is 5.82 Å². The van der Waals surface area contributed by atoms with Gasteiger partial charge in [0.2, 0.25) is 0 Å². The van der Waals surface area contributed by atoms with Gasteiger partial charge in [-0.2, -0.15) is 0 Å². The highest BCUT2D eigenvalue weighted by molar-refractivity contribution is 7.92. The fourth-order valence-electron chi connectivity index (χ4n) is 4.66. The second-order valence-corrected chi connectivity index (χ2v) is 14.0. The average molecular weight is 695 g/mol. The summed E-state index contributed by atoms with van der Waals surface area (Å²) in [6.07, 6.45) is 2.59. The van der Waals surface area contributed by atoms with Gasteiger partial charge in [-0.3, -0.25) is 19.1 Å². The van der Waals surface area contributed by atoms with Gasteiger partial charge in [-0.25, -0.2) is 31.5 Å². The number of sulfonamides is 1. The highest BCUT2D eigenvalue weighted by Gasteiger charge is 2.25. The van der Waals surface area contributed by atoms with Gasteiger partial charge < -0.3 is 20.0 Å². The molecule has 256 valence electrons. The molecule has 0 saturated heterocycles. The molecule has 0 unspecified atom stereocenters. The summed E-state index contributed by atoms with van der Waals surface area (Å²) in [5, 5.41) is 5.08. The summed E-state index contributed by atoms with van der Waals surface area (Å²) in [5.41, 5.74) is -2.87. The van der Waals surface area contributed by atoms with E-state index in [2.05, 4.69) is 15.6 Å². The van der Waals surface area contributed by atoms with Gasteiger partial charge in [0, 0.05) is 48.6 Å². The van der Waals surface area contributed by atoms with E-state index in [9.17, 15) is 32.4 Å². The number of rotatable bonds is 10. The molecule has 1 atom stereocenters. The molecule has 49 heavy (non-hydrogen) atoms. The van der Waals surface area contributed by atoms with Crippen LogP contribution < -0.4 is 26.6 Å². The van der Waals surface area contributed by atoms with Crippen LogP contribution in [-0.2, 0) is 28.3 Å². The van der Waals surface area contributed by atoms with Crippen molar-refractivity contribution >= 4 is 41.1 Å². The SMILES string of the molecule is BC(=O)[C@H](Cc1ccc(-n2c(=O)c(C)cn(C)c2=O)nc1)NC(=O)c1cc(F)c(NS(=O)(=O)c2ccc(C(=O)NC(C)(C)C)cc2)cc1F. The molecule has 2 heterocycles. The normalized spacial score (nSPS) is 12.2. The molecule has 0 aliphatic carbocycles. The first kappa shape index (κ1) is 36.4. The van der Waals surface area contributed by atoms with Crippen LogP contribution in [0.5, 0.6) is 0 Å². The number of benzene rings is 2. The largest absolute Gasteiger partial charge is 0.347 e. The zero-order valence-electron chi connectivity index (χ0n) is 27.4. The maximum atomic E-state index is 15.1. The summed E-state index contributed by atoms with van der Waals surface area (Å²) in [6.45, 7) is 6.88. The third kappa shape index (κ3) is 8.54. The van der Waals surface area contributed by atoms with E-state index in [4.69, 9.17) is 0 Å². The molecule has 3 N–H and O–H groups in total. The Bertz CT molecular complexity index is 2150. The molecule has 2 aromatic carbocycles. The zero-order valence-corrected chi connectivity index (χ0v) is 28.2. The van der Waals surface area contributed by atoms with Crippen molar-refractivity contribution in [2.75, 3.05) is 4.72 Å². The lowest BCUT2D eigenvalue weighted by Gasteiger charge is -2.20. The number of aromatic nitrogens is 3. The number of nitrogens with one attached hydrogen (secondary N) is 3. The Labute approximate surface area is 280 Å². The molecule has 0 aliphatic rings. The molecule has 0 fully saturated rings. The summed E-state index contributed by atoms with van der Waals surface area (Å²) in [5.74, 6) is -4.08. The monoisotopic (exact) mass is 694 g/mol. The van der Waals surface area contributed by atoms with Gasteiger partial charge in [-0.15, -0.1) is 0 Å². The Kier molecular flexibility index (Phi) is 10.4. The zero-order chi connectivity index (χ0) is 36.4. The van der Waals surface area contributed by atoms with Gasteiger partial charge >= 0.3 is 5.69 Å². The number of anilines is 1. The van der Waals surface area contributed by atoms with Crippen LogP contribution in [0.25, 0.3) is 5.82 Å². The second kappa shape index (κ2) is 14.0. The Morgan fingerprint density at radius 2 is 1.63 bits per heavy atom. The average Bonchev–Trinajstić information content (AvgIpc) is 3.01. The number of hydrogen-bond acceptors (Lipinski definition) is 8. The van der Waals surface area contributed by atoms with Gasteiger partial charge in [-0.1, -0.05) is 6.07 Å². The lowest BCUT2D eigenvalue weighted by molar-refractivity contribution is -0.113. The van der Waals surface area contributed by atoms with Crippen molar-refractivity contribution in [1.29, 1.82) is 0 Å². The van der Waals surface area contributed by atoms with Crippen molar-refractivity contribution in [2.45, 2.75) is 50.6 Å². The highest BCUT2D eigenvalue weighted by atomic mass is 32.2. The lowest BCUT2D eigenvalue weighted by Crippen LogP contribution is -2.43. The highest BCUT2D eigenvalue weighted by Crippen LogP contribution is 2.24. The van der Waals surface area contributed by atoms with Crippen molar-refractivity contribution in [2.24, 2.45) is 7.05 Å². The molecular weight excluding hydrogens is 661 g/mol. The third-order valence-electron chi connectivity index (χ3n) is 7.16. The predicted octanol–water partition coefficient (Wildman–Crippen LogP) is 1.35. The standard InChI is InChI=1S/C32H33BF2N6O7S/c1-17-16-40(5)31(46)41(30(17)45)26-11-6-18(15-36-26)12-25(27(33)42)37-29(44)21-13-23(35)24(14-22(21)34)39-49(47,48)20-9-7-19(8-10-20)28(43)38-32(2,3)4/h6-11,13-16,25,39H,12,33H2,1-5H3,(H,37,44)(H,38,43)/t25-/m0/s1. The van der Waals surface area contributed by atoms with Crippen molar-refractivity contribution in [3.05, 3.63) is 116 Å². The maximum Gasteiger partial charge on any atom is 0.336 e. The van der Waals surface area contributed by atoms with Gasteiger partial charge in [-0.05, 0) is 69.7 Å². The van der Waals surface area contributed by atoms with Crippen LogP contribution >= 0.6 is 0 Å². The smallest absolute Gasteiger partial charge is 0.336 e. The summed E-state index contributed by atoms with van der Waals surface area (Å²) in [7, 11) is -1.77. The van der Waals surface area contributed by atoms with E-state index in [1.54, 1.807) is 27.7 Å². The number of nitrogens with zero attached hydrogens (tertiary/aromatic N) is 3. The molecule has 0 saturated carbocycles. The lowest BCUT2D eigenvalue weighted by atomic mass is 9.90. The van der Waals surface area contributed by atoms with E-state index in [0.717, 1.165) is 16.7 Å². The van der Waals surface area contributed by atoms with Gasteiger partial charge in [0.05, 0.1) is 22.2 Å². The molecule has 4 aromatic rings.